The van der Waals surface area contributed by atoms with Crippen molar-refractivity contribution in [2.75, 3.05) is 0 Å². The molecule has 0 spiro atoms. The van der Waals surface area contributed by atoms with E-state index in [1.807, 2.05) is 18.2 Å². The Hall–Kier alpha value is -1.71. The van der Waals surface area contributed by atoms with E-state index >= 15 is 0 Å². The van der Waals surface area contributed by atoms with Gasteiger partial charge in [0.05, 0.1) is 11.9 Å². The third kappa shape index (κ3) is 8.40. The fraction of sp³-hybridized carbons (Fsp3) is 0.562. The van der Waals surface area contributed by atoms with Crippen LogP contribution in [0, 0.1) is 0 Å². The minimum absolute atomic E-state index is 0.0225. The molecule has 1 aromatic rings. The Morgan fingerprint density at radius 1 is 1.20 bits per heavy atom. The Morgan fingerprint density at radius 2 is 1.95 bits per heavy atom. The number of hydrazone groups is 1. The van der Waals surface area contributed by atoms with Crippen LogP contribution in [0.1, 0.15) is 64.0 Å². The first-order chi connectivity index (χ1) is 9.83. The van der Waals surface area contributed by atoms with E-state index in [9.17, 15) is 4.79 Å². The van der Waals surface area contributed by atoms with Gasteiger partial charge >= 0.3 is 0 Å². The van der Waals surface area contributed by atoms with Crippen LogP contribution in [-0.4, -0.2) is 17.1 Å². The van der Waals surface area contributed by atoms with Gasteiger partial charge in [-0.2, -0.15) is 5.10 Å². The molecule has 0 saturated heterocycles. The lowest BCUT2D eigenvalue weighted by molar-refractivity contribution is -0.121. The topological polar surface area (TPSA) is 54.4 Å². The molecular weight excluding hydrogens is 250 g/mol. The summed E-state index contributed by atoms with van der Waals surface area (Å²) in [5, 5.41) is 3.89. The molecule has 0 unspecified atom stereocenters. The Labute approximate surface area is 121 Å². The van der Waals surface area contributed by atoms with E-state index in [1.165, 1.54) is 32.1 Å². The maximum Gasteiger partial charge on any atom is 0.240 e. The summed E-state index contributed by atoms with van der Waals surface area (Å²) in [5.41, 5.74) is 3.27. The van der Waals surface area contributed by atoms with Crippen molar-refractivity contribution in [2.45, 2.75) is 58.3 Å². The number of carbonyl (C=O) groups is 1. The second kappa shape index (κ2) is 11.1. The van der Waals surface area contributed by atoms with Gasteiger partial charge in [0.2, 0.25) is 5.91 Å². The van der Waals surface area contributed by atoms with Crippen LogP contribution in [-0.2, 0) is 4.79 Å². The molecule has 0 aliphatic heterocycles. The summed E-state index contributed by atoms with van der Waals surface area (Å²) in [4.78, 5) is 15.6. The fourth-order valence-corrected chi connectivity index (χ4v) is 1.92. The average molecular weight is 275 g/mol. The van der Waals surface area contributed by atoms with Gasteiger partial charge in [-0.05, 0) is 18.6 Å². The van der Waals surface area contributed by atoms with E-state index in [-0.39, 0.29) is 5.91 Å². The Bertz CT molecular complexity index is 390. The summed E-state index contributed by atoms with van der Waals surface area (Å²) < 4.78 is 0. The van der Waals surface area contributed by atoms with Crippen LogP contribution in [0.4, 0.5) is 0 Å². The van der Waals surface area contributed by atoms with E-state index in [0.29, 0.717) is 6.42 Å². The molecule has 0 aliphatic rings. The SMILES string of the molecule is CCCCCCCCCC(=O)N/N=C/c1ccccn1. The van der Waals surface area contributed by atoms with Crippen molar-refractivity contribution in [2.24, 2.45) is 5.10 Å². The highest BCUT2D eigenvalue weighted by molar-refractivity contribution is 5.80. The van der Waals surface area contributed by atoms with Crippen LogP contribution in [0.15, 0.2) is 29.5 Å². The van der Waals surface area contributed by atoms with Gasteiger partial charge in [-0.1, -0.05) is 51.5 Å². The van der Waals surface area contributed by atoms with E-state index in [2.05, 4.69) is 22.4 Å². The number of nitrogens with one attached hydrogen (secondary N) is 1. The molecule has 0 saturated carbocycles. The summed E-state index contributed by atoms with van der Waals surface area (Å²) >= 11 is 0. The van der Waals surface area contributed by atoms with Gasteiger partial charge in [0.25, 0.3) is 0 Å². The van der Waals surface area contributed by atoms with Gasteiger partial charge < -0.3 is 0 Å². The van der Waals surface area contributed by atoms with Crippen molar-refractivity contribution in [3.63, 3.8) is 0 Å². The lowest BCUT2D eigenvalue weighted by Gasteiger charge is -2.01. The first-order valence-corrected chi connectivity index (χ1v) is 7.56. The van der Waals surface area contributed by atoms with Crippen molar-refractivity contribution in [1.82, 2.24) is 10.4 Å². The van der Waals surface area contributed by atoms with Crippen molar-refractivity contribution in [1.29, 1.82) is 0 Å². The summed E-state index contributed by atoms with van der Waals surface area (Å²) in [6.07, 6.45) is 12.3. The molecule has 0 atom stereocenters. The first-order valence-electron chi connectivity index (χ1n) is 7.56. The van der Waals surface area contributed by atoms with Crippen molar-refractivity contribution in [3.8, 4) is 0 Å². The maximum absolute atomic E-state index is 11.5. The minimum atomic E-state index is -0.0225. The predicted molar refractivity (Wildman–Crippen MR) is 82.6 cm³/mol. The highest BCUT2D eigenvalue weighted by Gasteiger charge is 1.99. The van der Waals surface area contributed by atoms with Crippen LogP contribution in [0.25, 0.3) is 0 Å². The quantitative estimate of drug-likeness (QED) is 0.402. The molecule has 110 valence electrons. The third-order valence-corrected chi connectivity index (χ3v) is 3.08. The Kier molecular flexibility index (Phi) is 9.11. The number of nitrogens with zero attached hydrogens (tertiary/aromatic N) is 2. The molecule has 20 heavy (non-hydrogen) atoms. The van der Waals surface area contributed by atoms with Gasteiger partial charge in [0, 0.05) is 12.6 Å². The van der Waals surface area contributed by atoms with Crippen molar-refractivity contribution >= 4 is 12.1 Å². The zero-order valence-corrected chi connectivity index (χ0v) is 12.3. The zero-order valence-electron chi connectivity index (χ0n) is 12.3. The minimum Gasteiger partial charge on any atom is -0.273 e. The molecule has 1 rings (SSSR count). The second-order valence-electron chi connectivity index (χ2n) is 4.92. The molecule has 0 radical (unpaired) electrons. The number of hydrogen-bond acceptors (Lipinski definition) is 3. The molecule has 4 nitrogen and oxygen atoms in total. The molecule has 1 aromatic heterocycles. The number of unbranched alkanes of at least 4 members (excludes halogenated alkanes) is 6. The van der Waals surface area contributed by atoms with Gasteiger partial charge in [0.15, 0.2) is 0 Å². The standard InChI is InChI=1S/C16H25N3O/c1-2-3-4-5-6-7-8-12-16(20)19-18-14-15-11-9-10-13-17-15/h9-11,13-14H,2-8,12H2,1H3,(H,19,20)/b18-14+. The van der Waals surface area contributed by atoms with Gasteiger partial charge in [-0.15, -0.1) is 0 Å². The van der Waals surface area contributed by atoms with Gasteiger partial charge in [-0.3, -0.25) is 9.78 Å². The molecule has 0 aliphatic carbocycles. The predicted octanol–water partition coefficient (Wildman–Crippen LogP) is 3.67. The molecule has 1 N–H and O–H groups in total. The normalized spacial score (nSPS) is 10.8. The molecule has 1 heterocycles. The summed E-state index contributed by atoms with van der Waals surface area (Å²) in [6.45, 7) is 2.22. The lowest BCUT2D eigenvalue weighted by Crippen LogP contribution is -2.17. The number of aromatic nitrogens is 1. The molecular formula is C16H25N3O. The van der Waals surface area contributed by atoms with Crippen LogP contribution in [0.2, 0.25) is 0 Å². The third-order valence-electron chi connectivity index (χ3n) is 3.08. The fourth-order valence-electron chi connectivity index (χ4n) is 1.92. The number of rotatable bonds is 10. The molecule has 1 amide bonds. The monoisotopic (exact) mass is 275 g/mol. The summed E-state index contributed by atoms with van der Waals surface area (Å²) in [5.74, 6) is -0.0225. The van der Waals surface area contributed by atoms with E-state index in [0.717, 1.165) is 18.5 Å². The largest absolute Gasteiger partial charge is 0.273 e. The molecule has 0 aromatic carbocycles. The van der Waals surface area contributed by atoms with Crippen LogP contribution in [0.3, 0.4) is 0 Å². The number of pyridine rings is 1. The second-order valence-corrected chi connectivity index (χ2v) is 4.92. The molecule has 0 bridgehead atoms. The van der Waals surface area contributed by atoms with Crippen molar-refractivity contribution in [3.05, 3.63) is 30.1 Å². The van der Waals surface area contributed by atoms with Gasteiger partial charge in [-0.25, -0.2) is 5.43 Å². The average Bonchev–Trinajstić information content (AvgIpc) is 2.47. The summed E-state index contributed by atoms with van der Waals surface area (Å²) in [7, 11) is 0. The van der Waals surface area contributed by atoms with E-state index in [4.69, 9.17) is 0 Å². The Morgan fingerprint density at radius 3 is 2.65 bits per heavy atom. The van der Waals surface area contributed by atoms with E-state index in [1.54, 1.807) is 12.4 Å². The number of amides is 1. The first kappa shape index (κ1) is 16.3. The molecule has 0 fully saturated rings. The van der Waals surface area contributed by atoms with Crippen LogP contribution < -0.4 is 5.43 Å². The lowest BCUT2D eigenvalue weighted by atomic mass is 10.1. The number of hydrogen-bond donors (Lipinski definition) is 1. The summed E-state index contributed by atoms with van der Waals surface area (Å²) in [6, 6.07) is 5.57. The highest BCUT2D eigenvalue weighted by Crippen LogP contribution is 2.08. The Balaban J connectivity index is 2.02. The number of carbonyl (C=O) groups excluding carboxylic acids is 1. The van der Waals surface area contributed by atoms with Crippen molar-refractivity contribution < 1.29 is 4.79 Å². The zero-order chi connectivity index (χ0) is 14.5. The maximum atomic E-state index is 11.5. The van der Waals surface area contributed by atoms with Crippen LogP contribution in [0.5, 0.6) is 0 Å². The van der Waals surface area contributed by atoms with E-state index < -0.39 is 0 Å². The molecule has 4 heteroatoms. The van der Waals surface area contributed by atoms with Crippen LogP contribution >= 0.6 is 0 Å². The smallest absolute Gasteiger partial charge is 0.240 e. The van der Waals surface area contributed by atoms with Gasteiger partial charge in [0.1, 0.15) is 0 Å². The highest BCUT2D eigenvalue weighted by atomic mass is 16.2.